The van der Waals surface area contributed by atoms with Gasteiger partial charge in [-0.25, -0.2) is 9.49 Å². The van der Waals surface area contributed by atoms with Gasteiger partial charge in [0.25, 0.3) is 5.56 Å². The lowest BCUT2D eigenvalue weighted by molar-refractivity contribution is 0.621. The van der Waals surface area contributed by atoms with Crippen LogP contribution in [0.25, 0.3) is 43.9 Å². The van der Waals surface area contributed by atoms with Crippen molar-refractivity contribution in [2.75, 3.05) is 0 Å². The van der Waals surface area contributed by atoms with Gasteiger partial charge in [0.2, 0.25) is 0 Å². The lowest BCUT2D eigenvalue weighted by Crippen LogP contribution is -2.13. The predicted octanol–water partition coefficient (Wildman–Crippen LogP) is 4.58. The van der Waals surface area contributed by atoms with Gasteiger partial charge < -0.3 is 5.73 Å². The molecular formula is C25H18ClFN6O. The zero-order chi connectivity index (χ0) is 24.1. The van der Waals surface area contributed by atoms with Crippen molar-refractivity contribution >= 4 is 33.1 Å². The normalized spacial score (nSPS) is 11.3. The molecular weight excluding hydrogens is 455 g/mol. The molecule has 5 rings (SSSR count). The number of aromatic nitrogens is 4. The Kier molecular flexibility index (Phi) is 5.16. The van der Waals surface area contributed by atoms with Gasteiger partial charge in [0.15, 0.2) is 0 Å². The molecule has 0 aliphatic rings. The number of nitrogens with one attached hydrogen (secondary N) is 1. The van der Waals surface area contributed by atoms with E-state index in [2.05, 4.69) is 21.4 Å². The topological polar surface area (TPSA) is 113 Å². The van der Waals surface area contributed by atoms with Gasteiger partial charge in [-0.15, -0.1) is 0 Å². The van der Waals surface area contributed by atoms with Crippen molar-refractivity contribution in [2.24, 2.45) is 12.8 Å². The Morgan fingerprint density at radius 2 is 1.97 bits per heavy atom. The molecule has 0 saturated carbocycles. The molecule has 0 fully saturated rings. The maximum atomic E-state index is 15.8. The van der Waals surface area contributed by atoms with Crippen LogP contribution in [0.3, 0.4) is 0 Å². The van der Waals surface area contributed by atoms with Crippen LogP contribution in [-0.2, 0) is 13.6 Å². The molecule has 0 saturated heterocycles. The molecule has 0 aliphatic heterocycles. The first-order valence-electron chi connectivity index (χ1n) is 10.4. The minimum Gasteiger partial charge on any atom is -0.325 e. The number of fused-ring (bicyclic) bond motifs is 2. The van der Waals surface area contributed by atoms with Crippen molar-refractivity contribution in [2.45, 2.75) is 13.5 Å². The second-order valence-corrected chi connectivity index (χ2v) is 8.37. The molecule has 9 heteroatoms. The third-order valence-corrected chi connectivity index (χ3v) is 6.41. The van der Waals surface area contributed by atoms with Crippen LogP contribution in [-0.4, -0.2) is 20.0 Å². The second kappa shape index (κ2) is 8.06. The highest BCUT2D eigenvalue weighted by Gasteiger charge is 2.25. The summed E-state index contributed by atoms with van der Waals surface area (Å²) >= 11 is 6.50. The van der Waals surface area contributed by atoms with Crippen LogP contribution in [0.5, 0.6) is 0 Å². The number of nitrogens with zero attached hydrogens (tertiary/aromatic N) is 4. The maximum absolute atomic E-state index is 15.8. The Bertz CT molecular complexity index is 1730. The highest BCUT2D eigenvalue weighted by atomic mass is 35.5. The predicted molar refractivity (Wildman–Crippen MR) is 130 cm³/mol. The fourth-order valence-corrected chi connectivity index (χ4v) is 4.78. The summed E-state index contributed by atoms with van der Waals surface area (Å²) in [4.78, 5) is 12.4. The Morgan fingerprint density at radius 3 is 2.68 bits per heavy atom. The molecule has 5 aromatic rings. The molecule has 2 aromatic heterocycles. The third kappa shape index (κ3) is 3.10. The first kappa shape index (κ1) is 21.8. The summed E-state index contributed by atoms with van der Waals surface area (Å²) in [5.74, 6) is -0.493. The molecule has 0 bridgehead atoms. The highest BCUT2D eigenvalue weighted by Crippen LogP contribution is 2.41. The number of hydrogen-bond donors (Lipinski definition) is 2. The fourth-order valence-electron chi connectivity index (χ4n) is 4.47. The molecule has 0 unspecified atom stereocenters. The standard InChI is InChI=1S/C25H18ClFN6O/c1-12-14-5-3-4-6-15(14)17(9-28)22(23(12)27)24-18(11-30-33(24)2)13-7-16-20(10-29)31-32-25(34)21(16)19(26)8-13/h3-8,11H,10,29H2,1-2H3,(H,32,34). The van der Waals surface area contributed by atoms with Crippen molar-refractivity contribution in [1.29, 1.82) is 5.26 Å². The molecule has 7 nitrogen and oxygen atoms in total. The zero-order valence-electron chi connectivity index (χ0n) is 18.3. The van der Waals surface area contributed by atoms with E-state index in [1.165, 1.54) is 4.68 Å². The van der Waals surface area contributed by atoms with E-state index in [9.17, 15) is 10.1 Å². The Balaban J connectivity index is 1.88. The van der Waals surface area contributed by atoms with Crippen molar-refractivity contribution in [3.63, 3.8) is 0 Å². The molecule has 0 spiro atoms. The molecule has 0 atom stereocenters. The van der Waals surface area contributed by atoms with Crippen LogP contribution in [0, 0.1) is 24.1 Å². The lowest BCUT2D eigenvalue weighted by atomic mass is 9.90. The minimum atomic E-state index is -0.493. The Hall–Kier alpha value is -4.06. The molecule has 2 heterocycles. The first-order chi connectivity index (χ1) is 16.4. The molecule has 168 valence electrons. The van der Waals surface area contributed by atoms with Gasteiger partial charge in [0.1, 0.15) is 11.9 Å². The average molecular weight is 473 g/mol. The van der Waals surface area contributed by atoms with Gasteiger partial charge in [-0.3, -0.25) is 9.48 Å². The van der Waals surface area contributed by atoms with Crippen molar-refractivity contribution in [1.82, 2.24) is 20.0 Å². The zero-order valence-corrected chi connectivity index (χ0v) is 19.0. The summed E-state index contributed by atoms with van der Waals surface area (Å²) < 4.78 is 17.4. The SMILES string of the molecule is Cc1c(F)c(-c2c(-c3cc(Cl)c4c(=O)[nH]nc(CN)c4c3)cnn2C)c(C#N)c2ccccc12. The van der Waals surface area contributed by atoms with Gasteiger partial charge in [0.05, 0.1) is 39.1 Å². The number of aryl methyl sites for hydroxylation is 2. The van der Waals surface area contributed by atoms with Gasteiger partial charge in [0, 0.05) is 29.9 Å². The minimum absolute atomic E-state index is 0.0873. The Labute approximate surface area is 198 Å². The van der Waals surface area contributed by atoms with Gasteiger partial charge >= 0.3 is 0 Å². The molecule has 3 aromatic carbocycles. The van der Waals surface area contributed by atoms with Gasteiger partial charge in [-0.2, -0.15) is 15.5 Å². The number of aromatic amines is 1. The summed E-state index contributed by atoms with van der Waals surface area (Å²) in [5, 5.41) is 23.1. The van der Waals surface area contributed by atoms with E-state index in [4.69, 9.17) is 17.3 Å². The summed E-state index contributed by atoms with van der Waals surface area (Å²) in [5.41, 5.74) is 8.25. The van der Waals surface area contributed by atoms with Crippen LogP contribution in [0.1, 0.15) is 16.8 Å². The van der Waals surface area contributed by atoms with Crippen LogP contribution < -0.4 is 11.3 Å². The van der Waals surface area contributed by atoms with E-state index in [-0.39, 0.29) is 28.1 Å². The van der Waals surface area contributed by atoms with E-state index in [0.717, 1.165) is 0 Å². The third-order valence-electron chi connectivity index (χ3n) is 6.11. The average Bonchev–Trinajstić information content (AvgIpc) is 3.22. The Morgan fingerprint density at radius 1 is 1.24 bits per heavy atom. The monoisotopic (exact) mass is 472 g/mol. The summed E-state index contributed by atoms with van der Waals surface area (Å²) in [6.45, 7) is 1.78. The fraction of sp³-hybridized carbons (Fsp3) is 0.120. The van der Waals surface area contributed by atoms with Crippen LogP contribution in [0.2, 0.25) is 5.02 Å². The maximum Gasteiger partial charge on any atom is 0.273 e. The molecule has 0 radical (unpaired) electrons. The quantitative estimate of drug-likeness (QED) is 0.399. The van der Waals surface area contributed by atoms with Gasteiger partial charge in [-0.1, -0.05) is 35.9 Å². The van der Waals surface area contributed by atoms with Crippen LogP contribution >= 0.6 is 11.6 Å². The number of hydrogen-bond acceptors (Lipinski definition) is 5. The highest BCUT2D eigenvalue weighted by molar-refractivity contribution is 6.36. The van der Waals surface area contributed by atoms with Crippen molar-refractivity contribution in [3.8, 4) is 28.5 Å². The number of benzene rings is 3. The number of nitrogens with two attached hydrogens (primary N) is 1. The smallest absolute Gasteiger partial charge is 0.273 e. The largest absolute Gasteiger partial charge is 0.325 e. The van der Waals surface area contributed by atoms with E-state index >= 15 is 4.39 Å². The number of rotatable bonds is 3. The first-order valence-corrected chi connectivity index (χ1v) is 10.8. The second-order valence-electron chi connectivity index (χ2n) is 7.96. The summed E-state index contributed by atoms with van der Waals surface area (Å²) in [6, 6.07) is 12.8. The van der Waals surface area contributed by atoms with Crippen LogP contribution in [0.4, 0.5) is 4.39 Å². The van der Waals surface area contributed by atoms with Gasteiger partial charge in [-0.05, 0) is 35.6 Å². The van der Waals surface area contributed by atoms with E-state index in [1.807, 2.05) is 12.1 Å². The molecule has 34 heavy (non-hydrogen) atoms. The van der Waals surface area contributed by atoms with Crippen LogP contribution in [0.15, 0.2) is 47.4 Å². The summed E-state index contributed by atoms with van der Waals surface area (Å²) in [6.07, 6.45) is 1.58. The van der Waals surface area contributed by atoms with E-state index < -0.39 is 11.4 Å². The van der Waals surface area contributed by atoms with Crippen molar-refractivity contribution < 1.29 is 4.39 Å². The number of nitriles is 1. The molecule has 0 aliphatic carbocycles. The number of H-pyrrole nitrogens is 1. The lowest BCUT2D eigenvalue weighted by Gasteiger charge is -2.15. The van der Waals surface area contributed by atoms with E-state index in [1.54, 1.807) is 44.4 Å². The number of halogens is 2. The van der Waals surface area contributed by atoms with Crippen molar-refractivity contribution in [3.05, 3.63) is 80.6 Å². The van der Waals surface area contributed by atoms with E-state index in [0.29, 0.717) is 44.2 Å². The molecule has 0 amide bonds. The summed E-state index contributed by atoms with van der Waals surface area (Å²) in [7, 11) is 1.68. The molecule has 3 N–H and O–H groups in total.